The van der Waals surface area contributed by atoms with Crippen molar-refractivity contribution in [3.8, 4) is 0 Å². The first-order valence-corrected chi connectivity index (χ1v) is 10.4. The molecule has 0 spiro atoms. The molecule has 1 amide bonds. The zero-order valence-electron chi connectivity index (χ0n) is 17.9. The maximum absolute atomic E-state index is 12.4. The van der Waals surface area contributed by atoms with Crippen molar-refractivity contribution < 1.29 is 23.8 Å². The van der Waals surface area contributed by atoms with Crippen molar-refractivity contribution in [3.63, 3.8) is 0 Å². The van der Waals surface area contributed by atoms with Gasteiger partial charge in [0.05, 0.1) is 17.0 Å². The number of carbonyl (C=O) groups excluding carboxylic acids is 2. The van der Waals surface area contributed by atoms with E-state index in [1.165, 1.54) is 0 Å². The predicted molar refractivity (Wildman–Crippen MR) is 120 cm³/mol. The number of esters is 1. The zero-order valence-corrected chi connectivity index (χ0v) is 17.9. The SMILES string of the molecule is NC(=O)COC(=O)c1ccc2c(c1)nc(C(Cc1ccccc1)C1=COCO1)n1nc(N)nc21. The molecule has 1 unspecified atom stereocenters. The van der Waals surface area contributed by atoms with E-state index in [1.54, 1.807) is 29.0 Å². The van der Waals surface area contributed by atoms with Crippen molar-refractivity contribution in [3.05, 3.63) is 77.5 Å². The molecule has 0 saturated carbocycles. The maximum atomic E-state index is 12.4. The number of amides is 1. The van der Waals surface area contributed by atoms with Gasteiger partial charge in [0.1, 0.15) is 17.8 Å². The van der Waals surface area contributed by atoms with E-state index in [0.717, 1.165) is 5.56 Å². The Labute approximate surface area is 192 Å². The smallest absolute Gasteiger partial charge is 0.338 e. The number of fused-ring (bicyclic) bond motifs is 3. The van der Waals surface area contributed by atoms with Crippen LogP contribution in [0, 0.1) is 0 Å². The number of nitrogens with zero attached hydrogens (tertiary/aromatic N) is 4. The molecule has 11 nitrogen and oxygen atoms in total. The van der Waals surface area contributed by atoms with Crippen LogP contribution in [-0.2, 0) is 25.4 Å². The minimum absolute atomic E-state index is 0.0801. The van der Waals surface area contributed by atoms with Crippen LogP contribution in [0.5, 0.6) is 0 Å². The summed E-state index contributed by atoms with van der Waals surface area (Å²) in [6.45, 7) is -0.410. The Morgan fingerprint density at radius 2 is 1.97 bits per heavy atom. The lowest BCUT2D eigenvalue weighted by molar-refractivity contribution is -0.121. The highest BCUT2D eigenvalue weighted by molar-refractivity contribution is 5.99. The van der Waals surface area contributed by atoms with Crippen LogP contribution < -0.4 is 11.5 Å². The number of allylic oxidation sites excluding steroid dienone is 1. The van der Waals surface area contributed by atoms with Crippen LogP contribution in [0.2, 0.25) is 0 Å². The molecular formula is C23H20N6O5. The molecule has 1 atom stereocenters. The van der Waals surface area contributed by atoms with Crippen molar-refractivity contribution in [2.24, 2.45) is 5.73 Å². The molecule has 2 aromatic carbocycles. The van der Waals surface area contributed by atoms with Gasteiger partial charge in [-0.1, -0.05) is 30.3 Å². The van der Waals surface area contributed by atoms with E-state index in [9.17, 15) is 9.59 Å². The lowest BCUT2D eigenvalue weighted by atomic mass is 9.96. The molecular weight excluding hydrogens is 440 g/mol. The predicted octanol–water partition coefficient (Wildman–Crippen LogP) is 1.67. The minimum atomic E-state index is -0.744. The number of rotatable bonds is 7. The maximum Gasteiger partial charge on any atom is 0.338 e. The van der Waals surface area contributed by atoms with E-state index >= 15 is 0 Å². The van der Waals surface area contributed by atoms with Crippen LogP contribution in [0.25, 0.3) is 16.6 Å². The van der Waals surface area contributed by atoms with Gasteiger partial charge in [0, 0.05) is 5.39 Å². The molecule has 1 aliphatic heterocycles. The first kappa shape index (κ1) is 21.2. The van der Waals surface area contributed by atoms with E-state index in [2.05, 4.69) is 10.1 Å². The number of primary amides is 1. The molecule has 4 N–H and O–H groups in total. The fraction of sp³-hybridized carbons (Fsp3) is 0.174. The topological polar surface area (TPSA) is 157 Å². The summed E-state index contributed by atoms with van der Waals surface area (Å²) in [5.41, 5.74) is 13.2. The number of aromatic nitrogens is 4. The summed E-state index contributed by atoms with van der Waals surface area (Å²) >= 11 is 0. The molecule has 0 radical (unpaired) electrons. The van der Waals surface area contributed by atoms with Gasteiger partial charge in [-0.2, -0.15) is 9.50 Å². The second kappa shape index (κ2) is 8.70. The first-order valence-electron chi connectivity index (χ1n) is 10.4. The van der Waals surface area contributed by atoms with Crippen molar-refractivity contribution in [2.45, 2.75) is 12.3 Å². The fourth-order valence-corrected chi connectivity index (χ4v) is 3.82. The quantitative estimate of drug-likeness (QED) is 0.391. The molecule has 34 heavy (non-hydrogen) atoms. The Bertz CT molecular complexity index is 1430. The van der Waals surface area contributed by atoms with E-state index in [4.69, 9.17) is 30.7 Å². The number of hydrogen-bond donors (Lipinski definition) is 2. The van der Waals surface area contributed by atoms with Crippen molar-refractivity contribution in [1.29, 1.82) is 0 Å². The number of nitrogen functional groups attached to an aromatic ring is 1. The number of carbonyl (C=O) groups is 2. The highest BCUT2D eigenvalue weighted by Gasteiger charge is 2.28. The number of hydrogen-bond acceptors (Lipinski definition) is 9. The summed E-state index contributed by atoms with van der Waals surface area (Å²) in [6.07, 6.45) is 2.10. The third-order valence-corrected chi connectivity index (χ3v) is 5.33. The summed E-state index contributed by atoms with van der Waals surface area (Å²) in [5.74, 6) is -0.634. The average Bonchev–Trinajstić information content (AvgIpc) is 3.50. The second-order valence-electron chi connectivity index (χ2n) is 7.64. The van der Waals surface area contributed by atoms with Crippen LogP contribution in [0.1, 0.15) is 27.7 Å². The van der Waals surface area contributed by atoms with Gasteiger partial charge in [-0.05, 0) is 30.2 Å². The highest BCUT2D eigenvalue weighted by Crippen LogP contribution is 2.33. The van der Waals surface area contributed by atoms with Crippen molar-refractivity contribution in [2.75, 3.05) is 19.1 Å². The number of ether oxygens (including phenoxy) is 3. The fourth-order valence-electron chi connectivity index (χ4n) is 3.82. The zero-order chi connectivity index (χ0) is 23.7. The normalized spacial score (nSPS) is 13.8. The van der Waals surface area contributed by atoms with Gasteiger partial charge in [-0.15, -0.1) is 5.10 Å². The average molecular weight is 460 g/mol. The Hall–Kier alpha value is -4.67. The molecule has 2 aromatic heterocycles. The Kier molecular flexibility index (Phi) is 5.42. The summed E-state index contributed by atoms with van der Waals surface area (Å²) in [4.78, 5) is 32.5. The van der Waals surface area contributed by atoms with Crippen LogP contribution in [0.3, 0.4) is 0 Å². The van der Waals surface area contributed by atoms with Crippen LogP contribution in [0.15, 0.2) is 60.6 Å². The van der Waals surface area contributed by atoms with E-state index in [1.807, 2.05) is 30.3 Å². The molecule has 5 rings (SSSR count). The first-order chi connectivity index (χ1) is 16.5. The van der Waals surface area contributed by atoms with E-state index < -0.39 is 18.5 Å². The van der Waals surface area contributed by atoms with Gasteiger partial charge in [0.15, 0.2) is 12.3 Å². The largest absolute Gasteiger partial charge is 0.462 e. The number of benzene rings is 2. The Morgan fingerprint density at radius 3 is 2.71 bits per heavy atom. The number of nitrogens with two attached hydrogens (primary N) is 2. The summed E-state index contributed by atoms with van der Waals surface area (Å²) in [7, 11) is 0. The van der Waals surface area contributed by atoms with Crippen LogP contribution >= 0.6 is 0 Å². The van der Waals surface area contributed by atoms with E-state index in [-0.39, 0.29) is 24.2 Å². The molecule has 0 bridgehead atoms. The summed E-state index contributed by atoms with van der Waals surface area (Å²) < 4.78 is 17.5. The second-order valence-corrected chi connectivity index (χ2v) is 7.64. The molecule has 3 heterocycles. The van der Waals surface area contributed by atoms with Gasteiger partial charge in [-0.3, -0.25) is 4.79 Å². The van der Waals surface area contributed by atoms with Crippen LogP contribution in [0.4, 0.5) is 5.95 Å². The molecule has 0 aliphatic carbocycles. The molecule has 0 saturated heterocycles. The van der Waals surface area contributed by atoms with Crippen molar-refractivity contribution in [1.82, 2.24) is 19.6 Å². The van der Waals surface area contributed by atoms with Gasteiger partial charge in [-0.25, -0.2) is 9.78 Å². The Morgan fingerprint density at radius 1 is 1.15 bits per heavy atom. The molecule has 4 aromatic rings. The Balaban J connectivity index is 1.65. The molecule has 0 fully saturated rings. The standard InChI is InChI=1S/C23H20N6O5/c24-19(30)11-33-22(31)14-6-7-15-17(9-14)26-21(29-20(15)27-23(25)28-29)16(18-10-32-12-34-18)8-13-4-2-1-3-5-13/h1-7,9-10,16H,8,11-12H2,(H2,24,30)(H2,25,28). The monoisotopic (exact) mass is 460 g/mol. The lowest BCUT2D eigenvalue weighted by Crippen LogP contribution is -2.21. The summed E-state index contributed by atoms with van der Waals surface area (Å²) in [6, 6.07) is 14.6. The third-order valence-electron chi connectivity index (χ3n) is 5.33. The molecule has 1 aliphatic rings. The van der Waals surface area contributed by atoms with Gasteiger partial charge >= 0.3 is 5.97 Å². The van der Waals surface area contributed by atoms with E-state index in [0.29, 0.717) is 34.6 Å². The molecule has 172 valence electrons. The third kappa shape index (κ3) is 4.06. The lowest BCUT2D eigenvalue weighted by Gasteiger charge is -2.18. The van der Waals surface area contributed by atoms with Crippen molar-refractivity contribution >= 4 is 34.4 Å². The van der Waals surface area contributed by atoms with Gasteiger partial charge < -0.3 is 25.7 Å². The summed E-state index contributed by atoms with van der Waals surface area (Å²) in [5, 5.41) is 4.99. The highest BCUT2D eigenvalue weighted by atomic mass is 16.7. The van der Waals surface area contributed by atoms with Crippen LogP contribution in [-0.4, -0.2) is 44.9 Å². The van der Waals surface area contributed by atoms with Gasteiger partial charge in [0.25, 0.3) is 5.91 Å². The van der Waals surface area contributed by atoms with Gasteiger partial charge in [0.2, 0.25) is 12.7 Å². The minimum Gasteiger partial charge on any atom is -0.462 e. The number of anilines is 1. The molecule has 11 heteroatoms.